The van der Waals surface area contributed by atoms with E-state index in [9.17, 15) is 14.4 Å². The average molecular weight is 776 g/mol. The van der Waals surface area contributed by atoms with E-state index in [4.69, 9.17) is 47.3 Å². The van der Waals surface area contributed by atoms with Crippen LogP contribution in [0.5, 0.6) is 0 Å². The van der Waals surface area contributed by atoms with E-state index in [1.807, 2.05) is 58.7 Å². The van der Waals surface area contributed by atoms with Gasteiger partial charge in [-0.1, -0.05) is 23.2 Å². The molecule has 2 aromatic carbocycles. The SMILES string of the molecule is CCON1C(=O)C(c2c(C)cc(Cl)cc2C)=C(OC)C12CCN(OC)CC2.CCON1C(=O)C(c2c(C)cc(Cl)cc2C)C(=O)C12CCN(OC)CC2. The maximum absolute atomic E-state index is 13.5. The minimum atomic E-state index is -0.925. The number of aryl methyl sites for hydroxylation is 4. The van der Waals surface area contributed by atoms with Crippen LogP contribution in [-0.4, -0.2) is 110 Å². The lowest BCUT2D eigenvalue weighted by Crippen LogP contribution is -2.56. The molecular weight excluding hydrogens is 723 g/mol. The fraction of sp³-hybridized carbons (Fsp3) is 0.564. The number of hydrogen-bond donors (Lipinski definition) is 0. The van der Waals surface area contributed by atoms with Gasteiger partial charge in [0.25, 0.3) is 11.8 Å². The van der Waals surface area contributed by atoms with Crippen molar-refractivity contribution < 1.29 is 38.5 Å². The van der Waals surface area contributed by atoms with Gasteiger partial charge >= 0.3 is 0 Å². The number of amides is 2. The standard InChI is InChI=1S/C20H27ClN2O4.C19H25ClN2O4/c1-6-27-23-19(24)17(16-13(2)11-15(21)12-14(16)3)18(25-4)20(23)7-9-22(26-5)10-8-20;1-5-26-22-18(24)16(15-12(2)10-14(20)11-13(15)3)17(23)19(22)6-8-21(25-4)9-7-19/h11-12H,6-10H2,1-5H3;10-11,16H,5-9H2,1-4H3. The van der Waals surface area contributed by atoms with E-state index < -0.39 is 17.0 Å². The molecule has 12 nitrogen and oxygen atoms in total. The zero-order valence-electron chi connectivity index (χ0n) is 32.3. The predicted molar refractivity (Wildman–Crippen MR) is 202 cm³/mol. The van der Waals surface area contributed by atoms with E-state index in [0.717, 1.165) is 33.4 Å². The normalized spacial score (nSPS) is 21.6. The van der Waals surface area contributed by atoms with Gasteiger partial charge in [0.2, 0.25) is 0 Å². The quantitative estimate of drug-likeness (QED) is 0.269. The minimum Gasteiger partial charge on any atom is -0.498 e. The first kappa shape index (κ1) is 41.1. The number of nitrogens with zero attached hydrogens (tertiary/aromatic N) is 4. The summed E-state index contributed by atoms with van der Waals surface area (Å²) in [6, 6.07) is 7.35. The van der Waals surface area contributed by atoms with Crippen LogP contribution >= 0.6 is 23.2 Å². The molecule has 0 aliphatic carbocycles. The Hall–Kier alpha value is -3.07. The molecular formula is C39H52Cl2N4O8. The molecule has 4 heterocycles. The van der Waals surface area contributed by atoms with Gasteiger partial charge in [0.05, 0.1) is 40.1 Å². The van der Waals surface area contributed by atoms with Crippen LogP contribution in [0.15, 0.2) is 30.0 Å². The molecule has 0 bridgehead atoms. The van der Waals surface area contributed by atoms with Gasteiger partial charge in [-0.15, -0.1) is 0 Å². The molecule has 2 amide bonds. The molecule has 0 N–H and O–H groups in total. The van der Waals surface area contributed by atoms with E-state index in [0.29, 0.717) is 86.5 Å². The van der Waals surface area contributed by atoms with Crippen molar-refractivity contribution in [2.24, 2.45) is 0 Å². The van der Waals surface area contributed by atoms with Gasteiger partial charge in [0, 0.05) is 36.2 Å². The van der Waals surface area contributed by atoms with Gasteiger partial charge in [-0.05, 0) is 125 Å². The number of benzene rings is 2. The maximum Gasteiger partial charge on any atom is 0.282 e. The molecule has 1 atom stereocenters. The summed E-state index contributed by atoms with van der Waals surface area (Å²) in [5.74, 6) is -0.692. The summed E-state index contributed by atoms with van der Waals surface area (Å²) in [6.07, 6.45) is 2.33. The smallest absolute Gasteiger partial charge is 0.282 e. The van der Waals surface area contributed by atoms with Gasteiger partial charge in [-0.2, -0.15) is 10.1 Å². The Labute approximate surface area is 322 Å². The molecule has 3 saturated heterocycles. The molecule has 2 spiro atoms. The Morgan fingerprint density at radius 2 is 1.11 bits per heavy atom. The maximum atomic E-state index is 13.5. The summed E-state index contributed by atoms with van der Waals surface area (Å²) >= 11 is 12.3. The number of ketones is 1. The molecule has 4 aliphatic rings. The number of carbonyl (C=O) groups is 3. The highest BCUT2D eigenvalue weighted by molar-refractivity contribution is 6.31. The van der Waals surface area contributed by atoms with Crippen LogP contribution in [0, 0.1) is 27.7 Å². The second kappa shape index (κ2) is 16.7. The molecule has 4 aliphatic heterocycles. The van der Waals surface area contributed by atoms with Crippen LogP contribution in [0.1, 0.15) is 78.8 Å². The van der Waals surface area contributed by atoms with Crippen LogP contribution in [0.4, 0.5) is 0 Å². The van der Waals surface area contributed by atoms with Crippen molar-refractivity contribution in [3.8, 4) is 0 Å². The van der Waals surface area contributed by atoms with E-state index >= 15 is 0 Å². The van der Waals surface area contributed by atoms with Gasteiger partial charge in [0.1, 0.15) is 22.8 Å². The van der Waals surface area contributed by atoms with Gasteiger partial charge in [-0.3, -0.25) is 24.1 Å². The summed E-state index contributed by atoms with van der Waals surface area (Å²) in [4.78, 5) is 62.4. The summed E-state index contributed by atoms with van der Waals surface area (Å²) in [5.41, 5.74) is 4.24. The number of piperidine rings is 2. The predicted octanol–water partition coefficient (Wildman–Crippen LogP) is 6.30. The molecule has 2 aromatic rings. The number of halogens is 2. The molecule has 14 heteroatoms. The monoisotopic (exact) mass is 774 g/mol. The Kier molecular flexibility index (Phi) is 13.0. The summed E-state index contributed by atoms with van der Waals surface area (Å²) in [6.45, 7) is 14.7. The second-order valence-electron chi connectivity index (χ2n) is 13.9. The lowest BCUT2D eigenvalue weighted by atomic mass is 9.79. The van der Waals surface area contributed by atoms with Crippen LogP contribution in [0.25, 0.3) is 5.57 Å². The molecule has 0 aromatic heterocycles. The zero-order valence-corrected chi connectivity index (χ0v) is 33.8. The first-order chi connectivity index (χ1) is 25.2. The van der Waals surface area contributed by atoms with Crippen molar-refractivity contribution in [3.05, 3.63) is 73.5 Å². The lowest BCUT2D eigenvalue weighted by molar-refractivity contribution is -0.231. The number of hydrogen-bond acceptors (Lipinski definition) is 10. The van der Waals surface area contributed by atoms with E-state index in [-0.39, 0.29) is 17.6 Å². The highest BCUT2D eigenvalue weighted by atomic mass is 35.5. The fourth-order valence-electron chi connectivity index (χ4n) is 8.56. The van der Waals surface area contributed by atoms with Crippen molar-refractivity contribution in [1.29, 1.82) is 0 Å². The molecule has 53 heavy (non-hydrogen) atoms. The molecule has 6 rings (SSSR count). The van der Waals surface area contributed by atoms with Crippen LogP contribution < -0.4 is 0 Å². The van der Waals surface area contributed by atoms with Crippen molar-refractivity contribution in [1.82, 2.24) is 20.3 Å². The van der Waals surface area contributed by atoms with Gasteiger partial charge in [0.15, 0.2) is 5.78 Å². The summed E-state index contributed by atoms with van der Waals surface area (Å²) < 4.78 is 5.87. The van der Waals surface area contributed by atoms with Gasteiger partial charge < -0.3 is 14.4 Å². The highest BCUT2D eigenvalue weighted by Crippen LogP contribution is 2.48. The number of Topliss-reactive ketones (excluding diaryl/α,β-unsaturated/α-hetero) is 1. The van der Waals surface area contributed by atoms with E-state index in [2.05, 4.69) is 0 Å². The van der Waals surface area contributed by atoms with Crippen molar-refractivity contribution in [2.45, 2.75) is 84.2 Å². The summed E-state index contributed by atoms with van der Waals surface area (Å²) in [5, 5.41) is 7.83. The first-order valence-corrected chi connectivity index (χ1v) is 18.9. The third-order valence-electron chi connectivity index (χ3n) is 10.9. The Balaban J connectivity index is 0.000000204. The molecule has 290 valence electrons. The van der Waals surface area contributed by atoms with E-state index in [1.165, 1.54) is 10.1 Å². The average Bonchev–Trinajstić information content (AvgIpc) is 3.44. The van der Waals surface area contributed by atoms with Crippen molar-refractivity contribution in [3.63, 3.8) is 0 Å². The number of rotatable bonds is 9. The molecule has 0 radical (unpaired) electrons. The third-order valence-corrected chi connectivity index (χ3v) is 11.4. The van der Waals surface area contributed by atoms with Crippen LogP contribution in [0.3, 0.4) is 0 Å². The molecule has 3 fully saturated rings. The Morgan fingerprint density at radius 3 is 1.55 bits per heavy atom. The summed E-state index contributed by atoms with van der Waals surface area (Å²) in [7, 11) is 4.91. The highest BCUT2D eigenvalue weighted by Gasteiger charge is 2.61. The number of carbonyl (C=O) groups excluding carboxylic acids is 3. The van der Waals surface area contributed by atoms with Crippen molar-refractivity contribution in [2.75, 3.05) is 60.7 Å². The van der Waals surface area contributed by atoms with Crippen LogP contribution in [0.2, 0.25) is 10.0 Å². The number of methoxy groups -OCH3 is 1. The molecule has 0 saturated carbocycles. The largest absolute Gasteiger partial charge is 0.498 e. The minimum absolute atomic E-state index is 0.0831. The zero-order chi connectivity index (χ0) is 38.8. The Bertz CT molecular complexity index is 1700. The topological polar surface area (TPSA) is 110 Å². The van der Waals surface area contributed by atoms with Crippen LogP contribution in [-0.2, 0) is 38.5 Å². The number of hydroxylamine groups is 8. The fourth-order valence-corrected chi connectivity index (χ4v) is 9.22. The molecule has 1 unspecified atom stereocenters. The third kappa shape index (κ3) is 7.37. The number of ether oxygens (including phenoxy) is 1. The second-order valence-corrected chi connectivity index (χ2v) is 14.8. The lowest BCUT2D eigenvalue weighted by Gasteiger charge is -2.43. The first-order valence-electron chi connectivity index (χ1n) is 18.1. The van der Waals surface area contributed by atoms with E-state index in [1.54, 1.807) is 38.5 Å². The Morgan fingerprint density at radius 1 is 0.679 bits per heavy atom. The van der Waals surface area contributed by atoms with Crippen molar-refractivity contribution >= 4 is 46.4 Å². The van der Waals surface area contributed by atoms with Gasteiger partial charge in [-0.25, -0.2) is 10.1 Å².